The Bertz CT molecular complexity index is 274. The minimum Gasteiger partial charge on any atom is -0.314 e. The van der Waals surface area contributed by atoms with Gasteiger partial charge in [-0.05, 0) is 45.1 Å². The van der Waals surface area contributed by atoms with Gasteiger partial charge < -0.3 is 10.6 Å². The Morgan fingerprint density at radius 1 is 1.16 bits per heavy atom. The smallest absolute Gasteiger partial charge is 0.314 e. The maximum atomic E-state index is 12.4. The van der Waals surface area contributed by atoms with Gasteiger partial charge in [0.1, 0.15) is 0 Å². The minimum absolute atomic E-state index is 0.257. The predicted octanol–water partition coefficient (Wildman–Crippen LogP) is 3.23. The molecular weight excluding hydrogens is 253 g/mol. The molecule has 0 aromatic rings. The largest absolute Gasteiger partial charge is 0.390 e. The van der Waals surface area contributed by atoms with E-state index in [2.05, 4.69) is 10.6 Å². The molecule has 0 aromatic carbocycles. The molecule has 4 unspecified atom stereocenters. The van der Waals surface area contributed by atoms with Gasteiger partial charge in [-0.25, -0.2) is 0 Å². The van der Waals surface area contributed by atoms with Gasteiger partial charge in [-0.15, -0.1) is 0 Å². The molecule has 19 heavy (non-hydrogen) atoms. The first-order chi connectivity index (χ1) is 8.96. The van der Waals surface area contributed by atoms with Crippen LogP contribution in [0.4, 0.5) is 13.2 Å². The third-order valence-corrected chi connectivity index (χ3v) is 4.47. The van der Waals surface area contributed by atoms with Crippen LogP contribution in [0, 0.1) is 5.92 Å². The highest BCUT2D eigenvalue weighted by molar-refractivity contribution is 4.93. The second-order valence-electron chi connectivity index (χ2n) is 6.14. The Balaban J connectivity index is 1.84. The Kier molecular flexibility index (Phi) is 5.12. The second kappa shape index (κ2) is 6.44. The van der Waals surface area contributed by atoms with Crippen LogP contribution >= 0.6 is 0 Å². The van der Waals surface area contributed by atoms with E-state index in [1.165, 1.54) is 19.3 Å². The van der Waals surface area contributed by atoms with E-state index in [1.54, 1.807) is 6.92 Å². The maximum absolute atomic E-state index is 12.4. The van der Waals surface area contributed by atoms with Gasteiger partial charge in [-0.2, -0.15) is 13.2 Å². The lowest BCUT2D eigenvalue weighted by molar-refractivity contribution is -0.139. The zero-order valence-electron chi connectivity index (χ0n) is 11.6. The maximum Gasteiger partial charge on any atom is 0.390 e. The Morgan fingerprint density at radius 3 is 2.58 bits per heavy atom. The summed E-state index contributed by atoms with van der Waals surface area (Å²) in [4.78, 5) is 0. The number of halogens is 3. The van der Waals surface area contributed by atoms with Gasteiger partial charge in [0.05, 0.1) is 6.42 Å². The van der Waals surface area contributed by atoms with Gasteiger partial charge in [0.25, 0.3) is 0 Å². The summed E-state index contributed by atoms with van der Waals surface area (Å²) in [5.74, 6) is 0.510. The first-order valence-corrected chi connectivity index (χ1v) is 7.52. The fourth-order valence-electron chi connectivity index (χ4n) is 3.69. The summed E-state index contributed by atoms with van der Waals surface area (Å²) in [7, 11) is 0. The molecule has 0 amide bonds. The van der Waals surface area contributed by atoms with Crippen molar-refractivity contribution in [3.8, 4) is 0 Å². The molecule has 0 aromatic heterocycles. The highest BCUT2D eigenvalue weighted by Crippen LogP contribution is 2.32. The fourth-order valence-corrected chi connectivity index (χ4v) is 3.69. The van der Waals surface area contributed by atoms with Crippen molar-refractivity contribution in [1.29, 1.82) is 0 Å². The number of alkyl halides is 3. The number of rotatable bonds is 4. The molecule has 2 nitrogen and oxygen atoms in total. The van der Waals surface area contributed by atoms with E-state index >= 15 is 0 Å². The van der Waals surface area contributed by atoms with Crippen molar-refractivity contribution in [1.82, 2.24) is 10.6 Å². The summed E-state index contributed by atoms with van der Waals surface area (Å²) < 4.78 is 37.1. The van der Waals surface area contributed by atoms with Crippen LogP contribution in [0.25, 0.3) is 0 Å². The van der Waals surface area contributed by atoms with E-state index in [0.29, 0.717) is 12.0 Å². The van der Waals surface area contributed by atoms with Crippen LogP contribution in [0.1, 0.15) is 51.9 Å². The fraction of sp³-hybridized carbons (Fsp3) is 1.00. The average molecular weight is 278 g/mol. The van der Waals surface area contributed by atoms with Gasteiger partial charge in [-0.3, -0.25) is 0 Å². The molecule has 1 aliphatic heterocycles. The highest BCUT2D eigenvalue weighted by atomic mass is 19.4. The summed E-state index contributed by atoms with van der Waals surface area (Å²) in [6, 6.07) is 0.286. The van der Waals surface area contributed by atoms with E-state index in [-0.39, 0.29) is 6.04 Å². The molecule has 2 rings (SSSR count). The van der Waals surface area contributed by atoms with Gasteiger partial charge in [-0.1, -0.05) is 12.8 Å². The molecule has 2 N–H and O–H groups in total. The third kappa shape index (κ3) is 4.63. The Morgan fingerprint density at radius 2 is 1.95 bits per heavy atom. The van der Waals surface area contributed by atoms with Crippen LogP contribution in [0.3, 0.4) is 0 Å². The normalized spacial score (nSPS) is 34.4. The molecule has 5 heteroatoms. The van der Waals surface area contributed by atoms with Crippen molar-refractivity contribution < 1.29 is 13.2 Å². The molecule has 1 heterocycles. The number of hydrogen-bond donors (Lipinski definition) is 2. The van der Waals surface area contributed by atoms with Gasteiger partial charge in [0.15, 0.2) is 0 Å². The molecular formula is C14H25F3N2. The van der Waals surface area contributed by atoms with E-state index in [4.69, 9.17) is 0 Å². The van der Waals surface area contributed by atoms with E-state index in [1.807, 2.05) is 0 Å². The van der Waals surface area contributed by atoms with Crippen LogP contribution in [0.2, 0.25) is 0 Å². The van der Waals surface area contributed by atoms with Crippen LogP contribution in [0.15, 0.2) is 0 Å². The highest BCUT2D eigenvalue weighted by Gasteiger charge is 2.36. The Labute approximate surface area is 113 Å². The summed E-state index contributed by atoms with van der Waals surface area (Å²) in [5.41, 5.74) is 0. The molecule has 112 valence electrons. The van der Waals surface area contributed by atoms with Crippen molar-refractivity contribution in [3.63, 3.8) is 0 Å². The topological polar surface area (TPSA) is 24.1 Å². The van der Waals surface area contributed by atoms with Crippen LogP contribution in [0.5, 0.6) is 0 Å². The molecule has 0 bridgehead atoms. The van der Waals surface area contributed by atoms with E-state index in [0.717, 1.165) is 25.8 Å². The quantitative estimate of drug-likeness (QED) is 0.825. The van der Waals surface area contributed by atoms with E-state index < -0.39 is 18.6 Å². The van der Waals surface area contributed by atoms with Crippen LogP contribution in [-0.4, -0.2) is 30.8 Å². The van der Waals surface area contributed by atoms with Crippen molar-refractivity contribution in [2.24, 2.45) is 5.92 Å². The van der Waals surface area contributed by atoms with E-state index in [9.17, 15) is 13.2 Å². The lowest BCUT2D eigenvalue weighted by Gasteiger charge is -2.34. The zero-order valence-corrected chi connectivity index (χ0v) is 11.6. The first kappa shape index (κ1) is 15.1. The SMILES string of the molecule is CC(CC(F)(F)F)NC1CCCC1C1CCCCN1. The average Bonchev–Trinajstić information content (AvgIpc) is 2.75. The zero-order chi connectivity index (χ0) is 13.9. The van der Waals surface area contributed by atoms with Crippen LogP contribution in [-0.2, 0) is 0 Å². The predicted molar refractivity (Wildman–Crippen MR) is 70.0 cm³/mol. The second-order valence-corrected chi connectivity index (χ2v) is 6.14. The third-order valence-electron chi connectivity index (χ3n) is 4.47. The van der Waals surface area contributed by atoms with Crippen LogP contribution < -0.4 is 10.6 Å². The number of hydrogen-bond acceptors (Lipinski definition) is 2. The molecule has 0 radical (unpaired) electrons. The van der Waals surface area contributed by atoms with Crippen molar-refractivity contribution in [2.45, 2.75) is 76.2 Å². The van der Waals surface area contributed by atoms with Crippen molar-refractivity contribution in [2.75, 3.05) is 6.54 Å². The Hall–Kier alpha value is -0.290. The molecule has 4 atom stereocenters. The van der Waals surface area contributed by atoms with Crippen molar-refractivity contribution >= 4 is 0 Å². The lowest BCUT2D eigenvalue weighted by atomic mass is 9.88. The van der Waals surface area contributed by atoms with Gasteiger partial charge in [0.2, 0.25) is 0 Å². The van der Waals surface area contributed by atoms with Crippen molar-refractivity contribution in [3.05, 3.63) is 0 Å². The molecule has 2 aliphatic rings. The summed E-state index contributed by atoms with van der Waals surface area (Å²) in [6.45, 7) is 2.71. The van der Waals surface area contributed by atoms with Gasteiger partial charge in [0, 0.05) is 18.1 Å². The molecule has 1 aliphatic carbocycles. The first-order valence-electron chi connectivity index (χ1n) is 7.52. The molecule has 2 fully saturated rings. The lowest BCUT2D eigenvalue weighted by Crippen LogP contribution is -2.49. The molecule has 0 spiro atoms. The van der Waals surface area contributed by atoms with Gasteiger partial charge >= 0.3 is 6.18 Å². The number of piperidine rings is 1. The summed E-state index contributed by atoms with van der Waals surface area (Å²) in [6.07, 6.45) is 2.16. The number of nitrogens with one attached hydrogen (secondary N) is 2. The monoisotopic (exact) mass is 278 g/mol. The minimum atomic E-state index is -4.07. The molecule has 1 saturated heterocycles. The summed E-state index contributed by atoms with van der Waals surface area (Å²) >= 11 is 0. The standard InChI is InChI=1S/C14H25F3N2/c1-10(9-14(15,16)17)19-13-7-4-5-11(13)12-6-2-3-8-18-12/h10-13,18-19H,2-9H2,1H3. The summed E-state index contributed by atoms with van der Waals surface area (Å²) in [5, 5.41) is 6.77. The molecule has 1 saturated carbocycles.